The Kier molecular flexibility index (Phi) is 7.96. The number of carbonyl (C=O) groups excluding carboxylic acids is 1. The van der Waals surface area contributed by atoms with Gasteiger partial charge >= 0.3 is 6.18 Å². The van der Waals surface area contributed by atoms with Crippen LogP contribution in [0.5, 0.6) is 5.75 Å². The number of unbranched alkanes of at least 4 members (excludes halogenated alkanes) is 1. The number of carbonyl (C=O) groups is 1. The lowest BCUT2D eigenvalue weighted by Gasteiger charge is -2.36. The fourth-order valence-corrected chi connectivity index (χ4v) is 4.77. The van der Waals surface area contributed by atoms with Crippen LogP contribution >= 0.6 is 0 Å². The molecule has 1 aromatic heterocycles. The summed E-state index contributed by atoms with van der Waals surface area (Å²) in [5, 5.41) is 0. The highest BCUT2D eigenvalue weighted by Gasteiger charge is 2.36. The monoisotopic (exact) mass is 519 g/mol. The average molecular weight is 520 g/mol. The van der Waals surface area contributed by atoms with Gasteiger partial charge in [0.1, 0.15) is 23.1 Å². The minimum Gasteiger partial charge on any atom is -0.497 e. The van der Waals surface area contributed by atoms with Crippen molar-refractivity contribution in [2.24, 2.45) is 0 Å². The number of piperazine rings is 1. The maximum atomic E-state index is 13.5. The molecular weight excluding hydrogens is 483 g/mol. The zero-order valence-electron chi connectivity index (χ0n) is 22.1. The largest absolute Gasteiger partial charge is 0.497 e. The Hall–Kier alpha value is -2.88. The number of aryl methyl sites for hydroxylation is 1. The Labute approximate surface area is 216 Å². The van der Waals surface area contributed by atoms with Crippen LogP contribution in [0.25, 0.3) is 0 Å². The molecule has 2 aliphatic rings. The SMILES string of the molecule is COc1ccc2c(c1)N(CCCCN1CCN(c3cc(C(F)(F)F)nc(C(C)(C)C)n3)CC1)C(=O)CC2. The Morgan fingerprint density at radius 3 is 2.30 bits per heavy atom. The summed E-state index contributed by atoms with van der Waals surface area (Å²) in [6.45, 7) is 9.70. The van der Waals surface area contributed by atoms with E-state index in [1.807, 2.05) is 48.8 Å². The quantitative estimate of drug-likeness (QED) is 0.495. The maximum Gasteiger partial charge on any atom is 0.433 e. The number of rotatable bonds is 7. The van der Waals surface area contributed by atoms with Gasteiger partial charge in [-0.2, -0.15) is 13.2 Å². The van der Waals surface area contributed by atoms with Gasteiger partial charge in [0.15, 0.2) is 0 Å². The van der Waals surface area contributed by atoms with E-state index in [0.29, 0.717) is 31.9 Å². The minimum absolute atomic E-state index is 0.145. The van der Waals surface area contributed by atoms with Crippen LogP contribution in [0.15, 0.2) is 24.3 Å². The van der Waals surface area contributed by atoms with Gasteiger partial charge in [0.2, 0.25) is 5.91 Å². The van der Waals surface area contributed by atoms with Gasteiger partial charge < -0.3 is 14.5 Å². The molecule has 0 spiro atoms. The topological polar surface area (TPSA) is 61.8 Å². The molecule has 1 fully saturated rings. The number of hydrogen-bond acceptors (Lipinski definition) is 6. The number of benzene rings is 1. The molecule has 10 heteroatoms. The first kappa shape index (κ1) is 27.2. The molecule has 0 atom stereocenters. The van der Waals surface area contributed by atoms with Crippen molar-refractivity contribution in [1.82, 2.24) is 14.9 Å². The number of hydrogen-bond donors (Lipinski definition) is 0. The Balaban J connectivity index is 1.30. The van der Waals surface area contributed by atoms with Gasteiger partial charge in [-0.25, -0.2) is 9.97 Å². The van der Waals surface area contributed by atoms with Crippen molar-refractivity contribution < 1.29 is 22.7 Å². The van der Waals surface area contributed by atoms with E-state index in [0.717, 1.165) is 56.4 Å². The van der Waals surface area contributed by atoms with Gasteiger partial charge in [0.05, 0.1) is 12.8 Å². The highest BCUT2D eigenvalue weighted by Crippen LogP contribution is 2.33. The van der Waals surface area contributed by atoms with Crippen LogP contribution in [-0.2, 0) is 22.8 Å². The second kappa shape index (κ2) is 10.8. The van der Waals surface area contributed by atoms with E-state index >= 15 is 0 Å². The van der Waals surface area contributed by atoms with Crippen LogP contribution < -0.4 is 14.5 Å². The normalized spacial score (nSPS) is 17.2. The molecule has 1 aromatic carbocycles. The van der Waals surface area contributed by atoms with Gasteiger partial charge in [-0.1, -0.05) is 26.8 Å². The van der Waals surface area contributed by atoms with E-state index in [1.165, 1.54) is 5.56 Å². The number of amides is 1. The molecule has 0 saturated carbocycles. The van der Waals surface area contributed by atoms with Crippen LogP contribution in [0.2, 0.25) is 0 Å². The maximum absolute atomic E-state index is 13.5. The van der Waals surface area contributed by atoms with Crippen LogP contribution in [0, 0.1) is 0 Å². The molecule has 0 aliphatic carbocycles. The average Bonchev–Trinajstić information content (AvgIpc) is 2.86. The summed E-state index contributed by atoms with van der Waals surface area (Å²) in [5.41, 5.74) is 0.641. The van der Waals surface area contributed by atoms with Crippen molar-refractivity contribution >= 4 is 17.4 Å². The highest BCUT2D eigenvalue weighted by atomic mass is 19.4. The summed E-state index contributed by atoms with van der Waals surface area (Å²) < 4.78 is 45.8. The van der Waals surface area contributed by atoms with Crippen LogP contribution in [0.4, 0.5) is 24.7 Å². The lowest BCUT2D eigenvalue weighted by molar-refractivity contribution is -0.141. The van der Waals surface area contributed by atoms with E-state index in [1.54, 1.807) is 7.11 Å². The van der Waals surface area contributed by atoms with Gasteiger partial charge in [-0.05, 0) is 37.4 Å². The van der Waals surface area contributed by atoms with Crippen LogP contribution in [0.1, 0.15) is 57.1 Å². The molecule has 1 saturated heterocycles. The van der Waals surface area contributed by atoms with Gasteiger partial charge in [-0.15, -0.1) is 0 Å². The first-order valence-corrected chi connectivity index (χ1v) is 12.9. The van der Waals surface area contributed by atoms with Gasteiger partial charge in [0.25, 0.3) is 0 Å². The van der Waals surface area contributed by atoms with Crippen molar-refractivity contribution in [3.05, 3.63) is 41.3 Å². The molecule has 37 heavy (non-hydrogen) atoms. The molecule has 2 aromatic rings. The molecular formula is C27H36F3N5O2. The smallest absolute Gasteiger partial charge is 0.433 e. The lowest BCUT2D eigenvalue weighted by atomic mass is 9.95. The molecule has 3 heterocycles. The second-order valence-electron chi connectivity index (χ2n) is 10.8. The first-order valence-electron chi connectivity index (χ1n) is 12.9. The fraction of sp³-hybridized carbons (Fsp3) is 0.593. The third-order valence-corrected chi connectivity index (χ3v) is 6.97. The number of methoxy groups -OCH3 is 1. The Morgan fingerprint density at radius 2 is 1.65 bits per heavy atom. The highest BCUT2D eigenvalue weighted by molar-refractivity contribution is 5.96. The molecule has 0 radical (unpaired) electrons. The van der Waals surface area contributed by atoms with E-state index in [9.17, 15) is 18.0 Å². The standard InChI is InChI=1S/C27H36F3N5O2/c1-26(2,3)25-31-22(27(28,29)30)18-23(32-25)34-15-13-33(14-16-34)11-5-6-12-35-21-17-20(37-4)9-7-19(21)8-10-24(35)36/h7,9,17-18H,5-6,8,10-16H2,1-4H3. The number of fused-ring (bicyclic) bond motifs is 1. The Bertz CT molecular complexity index is 1080. The summed E-state index contributed by atoms with van der Waals surface area (Å²) in [6, 6.07) is 6.97. The summed E-state index contributed by atoms with van der Waals surface area (Å²) in [6.07, 6.45) is -1.42. The van der Waals surface area contributed by atoms with Crippen LogP contribution in [0.3, 0.4) is 0 Å². The molecule has 0 bridgehead atoms. The summed E-state index contributed by atoms with van der Waals surface area (Å²) >= 11 is 0. The lowest BCUT2D eigenvalue weighted by Crippen LogP contribution is -2.47. The van der Waals surface area contributed by atoms with Crippen molar-refractivity contribution in [2.75, 3.05) is 56.2 Å². The minimum atomic E-state index is -4.51. The molecule has 202 valence electrons. The number of nitrogens with zero attached hydrogens (tertiary/aromatic N) is 5. The van der Waals surface area contributed by atoms with Crippen molar-refractivity contribution in [3.63, 3.8) is 0 Å². The Morgan fingerprint density at radius 1 is 0.946 bits per heavy atom. The second-order valence-corrected chi connectivity index (χ2v) is 10.8. The molecule has 7 nitrogen and oxygen atoms in total. The van der Waals surface area contributed by atoms with E-state index in [2.05, 4.69) is 14.9 Å². The third kappa shape index (κ3) is 6.52. The zero-order chi connectivity index (χ0) is 26.8. The summed E-state index contributed by atoms with van der Waals surface area (Å²) in [5.74, 6) is 1.43. The van der Waals surface area contributed by atoms with E-state index < -0.39 is 17.3 Å². The van der Waals surface area contributed by atoms with Crippen molar-refractivity contribution in [3.8, 4) is 5.75 Å². The molecule has 1 amide bonds. The number of ether oxygens (including phenoxy) is 1. The van der Waals surface area contributed by atoms with E-state index in [4.69, 9.17) is 4.74 Å². The van der Waals surface area contributed by atoms with Crippen molar-refractivity contribution in [2.45, 2.75) is 58.0 Å². The molecule has 0 N–H and O–H groups in total. The number of anilines is 2. The number of halogens is 3. The summed E-state index contributed by atoms with van der Waals surface area (Å²) in [4.78, 5) is 27.0. The number of aromatic nitrogens is 2. The van der Waals surface area contributed by atoms with Crippen molar-refractivity contribution in [1.29, 1.82) is 0 Å². The van der Waals surface area contributed by atoms with Gasteiger partial charge in [-0.3, -0.25) is 9.69 Å². The van der Waals surface area contributed by atoms with Crippen LogP contribution in [-0.4, -0.2) is 67.2 Å². The van der Waals surface area contributed by atoms with E-state index in [-0.39, 0.29) is 11.7 Å². The molecule has 4 rings (SSSR count). The first-order chi connectivity index (χ1) is 17.5. The predicted octanol–water partition coefficient (Wildman–Crippen LogP) is 4.68. The fourth-order valence-electron chi connectivity index (χ4n) is 4.77. The third-order valence-electron chi connectivity index (χ3n) is 6.97. The number of alkyl halides is 3. The molecule has 2 aliphatic heterocycles. The summed E-state index contributed by atoms with van der Waals surface area (Å²) in [7, 11) is 1.62. The predicted molar refractivity (Wildman–Crippen MR) is 137 cm³/mol. The molecule has 0 unspecified atom stereocenters. The van der Waals surface area contributed by atoms with Gasteiger partial charge in [0, 0.05) is 56.7 Å². The zero-order valence-corrected chi connectivity index (χ0v) is 22.1.